The summed E-state index contributed by atoms with van der Waals surface area (Å²) in [5, 5.41) is 7.66. The summed E-state index contributed by atoms with van der Waals surface area (Å²) in [5.41, 5.74) is 4.12. The van der Waals surface area contributed by atoms with Gasteiger partial charge >= 0.3 is 0 Å². The van der Waals surface area contributed by atoms with Crippen LogP contribution in [0.2, 0.25) is 0 Å². The van der Waals surface area contributed by atoms with E-state index >= 15 is 0 Å². The number of hydrogen-bond acceptors (Lipinski definition) is 7. The fourth-order valence-electron chi connectivity index (χ4n) is 3.74. The summed E-state index contributed by atoms with van der Waals surface area (Å²) in [7, 11) is 0. The van der Waals surface area contributed by atoms with E-state index in [2.05, 4.69) is 36.5 Å². The summed E-state index contributed by atoms with van der Waals surface area (Å²) >= 11 is 0. The lowest BCUT2D eigenvalue weighted by Crippen LogP contribution is -2.46. The van der Waals surface area contributed by atoms with Gasteiger partial charge in [0.1, 0.15) is 11.5 Å². The van der Waals surface area contributed by atoms with Gasteiger partial charge in [-0.1, -0.05) is 0 Å². The van der Waals surface area contributed by atoms with E-state index in [-0.39, 0.29) is 5.56 Å². The van der Waals surface area contributed by atoms with Crippen molar-refractivity contribution in [2.45, 2.75) is 13.0 Å². The Labute approximate surface area is 159 Å². The van der Waals surface area contributed by atoms with Gasteiger partial charge in [-0.05, 0) is 24.6 Å². The largest absolute Gasteiger partial charge is 0.345 e. The van der Waals surface area contributed by atoms with Gasteiger partial charge in [0.2, 0.25) is 0 Å². The van der Waals surface area contributed by atoms with Crippen molar-refractivity contribution in [1.29, 1.82) is 0 Å². The predicted molar refractivity (Wildman–Crippen MR) is 103 cm³/mol. The summed E-state index contributed by atoms with van der Waals surface area (Å²) in [4.78, 5) is 28.1. The number of nitrogens with zero attached hydrogens (tertiary/aromatic N) is 7. The third-order valence-corrected chi connectivity index (χ3v) is 5.27. The van der Waals surface area contributed by atoms with Crippen molar-refractivity contribution < 1.29 is 0 Å². The number of rotatable bonds is 2. The summed E-state index contributed by atoms with van der Waals surface area (Å²) in [6, 6.07) is 5.83. The highest BCUT2D eigenvalue weighted by Crippen LogP contribution is 2.27. The average Bonchev–Trinajstić information content (AvgIpc) is 3.19. The molecule has 0 aromatic carbocycles. The molecule has 6 heterocycles. The van der Waals surface area contributed by atoms with Gasteiger partial charge < -0.3 is 10.2 Å². The molecule has 2 aliphatic heterocycles. The van der Waals surface area contributed by atoms with Gasteiger partial charge in [0.15, 0.2) is 0 Å². The Morgan fingerprint density at radius 2 is 2.14 bits per heavy atom. The molecule has 0 bridgehead atoms. The lowest BCUT2D eigenvalue weighted by molar-refractivity contribution is 0.522. The zero-order valence-corrected chi connectivity index (χ0v) is 15.1. The molecule has 9 nitrogen and oxygen atoms in total. The van der Waals surface area contributed by atoms with Gasteiger partial charge in [-0.3, -0.25) is 9.20 Å². The topological polar surface area (TPSA) is 92.7 Å². The molecule has 9 heteroatoms. The maximum Gasteiger partial charge on any atom is 0.258 e. The molecule has 0 aliphatic carbocycles. The first-order valence-electron chi connectivity index (χ1n) is 9.07. The number of anilines is 1. The summed E-state index contributed by atoms with van der Waals surface area (Å²) in [6.45, 7) is 3.65. The van der Waals surface area contributed by atoms with Crippen LogP contribution in [0.15, 0.2) is 53.4 Å². The highest BCUT2D eigenvalue weighted by Gasteiger charge is 2.31. The van der Waals surface area contributed by atoms with Crippen LogP contribution in [0.4, 0.5) is 5.69 Å². The minimum atomic E-state index is -0.135. The van der Waals surface area contributed by atoms with E-state index in [0.717, 1.165) is 18.8 Å². The Morgan fingerprint density at radius 1 is 1.21 bits per heavy atom. The lowest BCUT2D eigenvalue weighted by atomic mass is 10.0. The highest BCUT2D eigenvalue weighted by molar-refractivity contribution is 5.63. The highest BCUT2D eigenvalue weighted by atomic mass is 16.1. The van der Waals surface area contributed by atoms with Crippen molar-refractivity contribution in [1.82, 2.24) is 34.3 Å². The van der Waals surface area contributed by atoms with Gasteiger partial charge in [0, 0.05) is 55.6 Å². The number of fused-ring (bicyclic) bond motifs is 3. The zero-order chi connectivity index (χ0) is 18.8. The van der Waals surface area contributed by atoms with Crippen LogP contribution in [0.5, 0.6) is 0 Å². The molecule has 0 spiro atoms. The first kappa shape index (κ1) is 15.5. The Balaban J connectivity index is 1.43. The number of aryl methyl sites for hydroxylation is 1. The molecule has 6 rings (SSSR count). The van der Waals surface area contributed by atoms with Crippen LogP contribution in [0.1, 0.15) is 5.82 Å². The van der Waals surface area contributed by atoms with Crippen LogP contribution >= 0.6 is 0 Å². The van der Waals surface area contributed by atoms with Gasteiger partial charge in [0.25, 0.3) is 11.3 Å². The van der Waals surface area contributed by atoms with Crippen molar-refractivity contribution in [3.8, 4) is 11.3 Å². The molecular weight excluding hydrogens is 356 g/mol. The Kier molecular flexibility index (Phi) is 3.01. The Hall–Kier alpha value is -3.59. The van der Waals surface area contributed by atoms with Crippen LogP contribution in [-0.4, -0.2) is 48.1 Å². The molecule has 138 valence electrons. The van der Waals surface area contributed by atoms with E-state index in [1.807, 2.05) is 25.3 Å². The van der Waals surface area contributed by atoms with Crippen LogP contribution in [0, 0.1) is 6.92 Å². The molecule has 1 atom stereocenters. The van der Waals surface area contributed by atoms with Crippen molar-refractivity contribution in [2.24, 2.45) is 0 Å². The molecule has 0 radical (unpaired) electrons. The summed E-state index contributed by atoms with van der Waals surface area (Å²) < 4.78 is 3.18. The van der Waals surface area contributed by atoms with Crippen molar-refractivity contribution in [2.75, 3.05) is 18.0 Å². The zero-order valence-electron chi connectivity index (χ0n) is 15.1. The molecule has 1 saturated heterocycles. The van der Waals surface area contributed by atoms with E-state index in [4.69, 9.17) is 0 Å². The normalized spacial score (nSPS) is 18.4. The SMILES string of the molecule is Cc1nc2ncc(-c3cc(=O)n4cc(N5C=C6CNC6C5)ccc4n3)cn2n1. The molecule has 28 heavy (non-hydrogen) atoms. The van der Waals surface area contributed by atoms with E-state index in [1.165, 1.54) is 11.6 Å². The first-order chi connectivity index (χ1) is 13.6. The maximum absolute atomic E-state index is 12.8. The molecule has 1 unspecified atom stereocenters. The number of pyridine rings is 1. The Morgan fingerprint density at radius 3 is 2.93 bits per heavy atom. The van der Waals surface area contributed by atoms with Crippen LogP contribution in [-0.2, 0) is 0 Å². The second-order valence-electron chi connectivity index (χ2n) is 7.13. The molecule has 1 N–H and O–H groups in total. The minimum Gasteiger partial charge on any atom is -0.345 e. The smallest absolute Gasteiger partial charge is 0.258 e. The maximum atomic E-state index is 12.8. The van der Waals surface area contributed by atoms with Crippen LogP contribution < -0.4 is 15.8 Å². The van der Waals surface area contributed by atoms with Crippen molar-refractivity contribution >= 4 is 17.1 Å². The molecule has 0 amide bonds. The standard InChI is InChI=1S/C19H16N8O/c1-11-22-19-21-6-13(8-27(19)24-11)15-4-18(28)26-9-14(2-3-17(26)23-15)25-7-12-5-20-16(12)10-25/h2-4,6-9,16,20H,5,10H2,1H3. The predicted octanol–water partition coefficient (Wildman–Crippen LogP) is 0.783. The van der Waals surface area contributed by atoms with Gasteiger partial charge in [-0.2, -0.15) is 10.1 Å². The minimum absolute atomic E-state index is 0.135. The van der Waals surface area contributed by atoms with E-state index in [1.54, 1.807) is 21.3 Å². The molecule has 4 aromatic heterocycles. The third kappa shape index (κ3) is 2.26. The van der Waals surface area contributed by atoms with Gasteiger partial charge in [-0.25, -0.2) is 14.5 Å². The molecule has 2 aliphatic rings. The fraction of sp³-hybridized carbons (Fsp3) is 0.211. The number of hydrogen-bond donors (Lipinski definition) is 1. The fourth-order valence-corrected chi connectivity index (χ4v) is 3.74. The average molecular weight is 372 g/mol. The molecule has 4 aromatic rings. The molecular formula is C19H16N8O. The summed E-state index contributed by atoms with van der Waals surface area (Å²) in [5.74, 6) is 1.16. The van der Waals surface area contributed by atoms with Gasteiger partial charge in [-0.15, -0.1) is 0 Å². The third-order valence-electron chi connectivity index (χ3n) is 5.27. The molecule has 1 fully saturated rings. The summed E-state index contributed by atoms with van der Waals surface area (Å²) in [6.07, 6.45) is 7.46. The van der Waals surface area contributed by atoms with Crippen LogP contribution in [0.3, 0.4) is 0 Å². The number of nitrogens with one attached hydrogen (secondary N) is 1. The van der Waals surface area contributed by atoms with Crippen molar-refractivity contribution in [3.63, 3.8) is 0 Å². The van der Waals surface area contributed by atoms with E-state index < -0.39 is 0 Å². The lowest BCUT2D eigenvalue weighted by Gasteiger charge is -2.26. The second kappa shape index (κ2) is 5.46. The van der Waals surface area contributed by atoms with E-state index in [9.17, 15) is 4.79 Å². The van der Waals surface area contributed by atoms with Crippen molar-refractivity contribution in [3.05, 3.63) is 64.7 Å². The number of aromatic nitrogens is 6. The monoisotopic (exact) mass is 372 g/mol. The second-order valence-corrected chi connectivity index (χ2v) is 7.13. The van der Waals surface area contributed by atoms with Gasteiger partial charge in [0.05, 0.1) is 11.4 Å². The van der Waals surface area contributed by atoms with Crippen LogP contribution in [0.25, 0.3) is 22.7 Å². The Bertz CT molecular complexity index is 1350. The first-order valence-corrected chi connectivity index (χ1v) is 9.07. The quantitative estimate of drug-likeness (QED) is 0.556. The van der Waals surface area contributed by atoms with E-state index in [0.29, 0.717) is 34.5 Å². The molecule has 0 saturated carbocycles.